The van der Waals surface area contributed by atoms with Gasteiger partial charge in [0.05, 0.1) is 23.6 Å². The molecular formula is C15H20F2N2O3S. The second-order valence-electron chi connectivity index (χ2n) is 6.36. The summed E-state index contributed by atoms with van der Waals surface area (Å²) < 4.78 is 49.5. The van der Waals surface area contributed by atoms with Gasteiger partial charge in [-0.3, -0.25) is 9.69 Å². The van der Waals surface area contributed by atoms with Gasteiger partial charge in [0.2, 0.25) is 5.91 Å². The van der Waals surface area contributed by atoms with Crippen LogP contribution in [0.15, 0.2) is 18.2 Å². The van der Waals surface area contributed by atoms with Gasteiger partial charge in [-0.1, -0.05) is 6.07 Å². The number of likely N-dealkylation sites (N-methyl/N-ethyl adjacent to an activating group) is 1. The van der Waals surface area contributed by atoms with Crippen molar-refractivity contribution in [2.45, 2.75) is 25.4 Å². The SMILES string of the molecule is CN(CC(=O)N[C@@]1(C)CCS(=O)(=O)C1)Cc1ccc(F)cc1F. The summed E-state index contributed by atoms with van der Waals surface area (Å²) >= 11 is 0. The van der Waals surface area contributed by atoms with Gasteiger partial charge in [0.15, 0.2) is 9.84 Å². The molecule has 0 unspecified atom stereocenters. The van der Waals surface area contributed by atoms with Gasteiger partial charge in [0.25, 0.3) is 0 Å². The summed E-state index contributed by atoms with van der Waals surface area (Å²) in [5, 5.41) is 2.74. The molecule has 1 aliphatic rings. The zero-order valence-electron chi connectivity index (χ0n) is 13.1. The highest BCUT2D eigenvalue weighted by Crippen LogP contribution is 2.22. The number of nitrogens with one attached hydrogen (secondary N) is 1. The van der Waals surface area contributed by atoms with E-state index < -0.39 is 27.0 Å². The molecule has 1 N–H and O–H groups in total. The molecule has 1 fully saturated rings. The Morgan fingerprint density at radius 3 is 2.65 bits per heavy atom. The Kier molecular flexibility index (Phi) is 5.05. The van der Waals surface area contributed by atoms with Crippen LogP contribution in [0.4, 0.5) is 8.78 Å². The van der Waals surface area contributed by atoms with E-state index in [-0.39, 0.29) is 36.1 Å². The van der Waals surface area contributed by atoms with Crippen LogP contribution in [-0.2, 0) is 21.2 Å². The van der Waals surface area contributed by atoms with Gasteiger partial charge in [0, 0.05) is 18.2 Å². The van der Waals surface area contributed by atoms with Gasteiger partial charge >= 0.3 is 0 Å². The Bertz CT molecular complexity index is 709. The molecule has 1 aromatic carbocycles. The van der Waals surface area contributed by atoms with Crippen LogP contribution in [0.5, 0.6) is 0 Å². The van der Waals surface area contributed by atoms with E-state index in [1.165, 1.54) is 6.07 Å². The van der Waals surface area contributed by atoms with Crippen LogP contribution in [0, 0.1) is 11.6 Å². The number of amides is 1. The van der Waals surface area contributed by atoms with Crippen LogP contribution in [0.25, 0.3) is 0 Å². The molecule has 0 aliphatic carbocycles. The van der Waals surface area contributed by atoms with Crippen molar-refractivity contribution in [2.75, 3.05) is 25.1 Å². The normalized spacial score (nSPS) is 23.2. The second kappa shape index (κ2) is 6.52. The summed E-state index contributed by atoms with van der Waals surface area (Å²) in [6, 6.07) is 3.30. The Labute approximate surface area is 134 Å². The van der Waals surface area contributed by atoms with E-state index >= 15 is 0 Å². The lowest BCUT2D eigenvalue weighted by molar-refractivity contribution is -0.123. The highest BCUT2D eigenvalue weighted by molar-refractivity contribution is 7.91. The summed E-state index contributed by atoms with van der Waals surface area (Å²) in [5.74, 6) is -1.63. The molecular weight excluding hydrogens is 326 g/mol. The van der Waals surface area contributed by atoms with Crippen LogP contribution in [0.2, 0.25) is 0 Å². The molecule has 0 radical (unpaired) electrons. The first-order chi connectivity index (χ1) is 10.6. The predicted octanol–water partition coefficient (Wildman–Crippen LogP) is 1.09. The largest absolute Gasteiger partial charge is 0.349 e. The Morgan fingerprint density at radius 2 is 2.09 bits per heavy atom. The van der Waals surface area contributed by atoms with Crippen LogP contribution in [0.1, 0.15) is 18.9 Å². The first-order valence-electron chi connectivity index (χ1n) is 7.22. The van der Waals surface area contributed by atoms with Gasteiger partial charge in [-0.05, 0) is 26.5 Å². The molecule has 1 amide bonds. The standard InChI is InChI=1S/C15H20F2N2O3S/c1-15(5-6-23(21,22)10-15)18-14(20)9-19(2)8-11-3-4-12(16)7-13(11)17/h3-4,7H,5-6,8-10H2,1-2H3,(H,18,20)/t15-/m0/s1. The molecule has 0 spiro atoms. The minimum atomic E-state index is -3.10. The van der Waals surface area contributed by atoms with Crippen molar-refractivity contribution in [3.05, 3.63) is 35.4 Å². The van der Waals surface area contributed by atoms with E-state index in [9.17, 15) is 22.0 Å². The van der Waals surface area contributed by atoms with Crippen molar-refractivity contribution in [3.63, 3.8) is 0 Å². The average molecular weight is 346 g/mol. The number of sulfone groups is 1. The third kappa shape index (κ3) is 4.97. The molecule has 0 bridgehead atoms. The molecule has 23 heavy (non-hydrogen) atoms. The molecule has 1 atom stereocenters. The molecule has 1 aliphatic heterocycles. The highest BCUT2D eigenvalue weighted by atomic mass is 32.2. The summed E-state index contributed by atoms with van der Waals surface area (Å²) in [4.78, 5) is 13.6. The molecule has 1 aromatic rings. The zero-order valence-corrected chi connectivity index (χ0v) is 13.9. The summed E-state index contributed by atoms with van der Waals surface area (Å²) in [6.07, 6.45) is 0.386. The maximum absolute atomic E-state index is 13.6. The van der Waals surface area contributed by atoms with Gasteiger partial charge in [-0.15, -0.1) is 0 Å². The highest BCUT2D eigenvalue weighted by Gasteiger charge is 2.39. The fraction of sp³-hybridized carbons (Fsp3) is 0.533. The van der Waals surface area contributed by atoms with Crippen molar-refractivity contribution in [1.29, 1.82) is 0 Å². The first-order valence-corrected chi connectivity index (χ1v) is 9.05. The van der Waals surface area contributed by atoms with Crippen LogP contribution >= 0.6 is 0 Å². The predicted molar refractivity (Wildman–Crippen MR) is 82.5 cm³/mol. The lowest BCUT2D eigenvalue weighted by Gasteiger charge is -2.25. The Balaban J connectivity index is 1.90. The molecule has 0 saturated carbocycles. The van der Waals surface area contributed by atoms with E-state index in [2.05, 4.69) is 5.32 Å². The number of hydrogen-bond acceptors (Lipinski definition) is 4. The summed E-state index contributed by atoms with van der Waals surface area (Å²) in [5.41, 5.74) is -0.464. The number of carbonyl (C=O) groups excluding carboxylic acids is 1. The number of carbonyl (C=O) groups is 1. The van der Waals surface area contributed by atoms with Crippen molar-refractivity contribution in [1.82, 2.24) is 10.2 Å². The van der Waals surface area contributed by atoms with E-state index in [4.69, 9.17) is 0 Å². The summed E-state index contributed by atoms with van der Waals surface area (Å²) in [6.45, 7) is 1.84. The summed E-state index contributed by atoms with van der Waals surface area (Å²) in [7, 11) is -1.46. The van der Waals surface area contributed by atoms with E-state index in [0.717, 1.165) is 12.1 Å². The quantitative estimate of drug-likeness (QED) is 0.867. The second-order valence-corrected chi connectivity index (χ2v) is 8.54. The van der Waals surface area contributed by atoms with E-state index in [1.54, 1.807) is 18.9 Å². The maximum atomic E-state index is 13.6. The average Bonchev–Trinajstić information content (AvgIpc) is 2.66. The monoisotopic (exact) mass is 346 g/mol. The number of rotatable bonds is 5. The minimum Gasteiger partial charge on any atom is -0.349 e. The number of hydrogen-bond donors (Lipinski definition) is 1. The maximum Gasteiger partial charge on any atom is 0.234 e. The lowest BCUT2D eigenvalue weighted by Crippen LogP contribution is -2.49. The fourth-order valence-electron chi connectivity index (χ4n) is 2.73. The molecule has 5 nitrogen and oxygen atoms in total. The van der Waals surface area contributed by atoms with Crippen molar-refractivity contribution >= 4 is 15.7 Å². The van der Waals surface area contributed by atoms with Crippen LogP contribution < -0.4 is 5.32 Å². The van der Waals surface area contributed by atoms with Crippen molar-refractivity contribution in [2.24, 2.45) is 0 Å². The van der Waals surface area contributed by atoms with Gasteiger partial charge < -0.3 is 5.32 Å². The molecule has 2 rings (SSSR count). The molecule has 8 heteroatoms. The Morgan fingerprint density at radius 1 is 1.39 bits per heavy atom. The lowest BCUT2D eigenvalue weighted by atomic mass is 10.0. The third-order valence-corrected chi connectivity index (χ3v) is 5.72. The molecule has 128 valence electrons. The first kappa shape index (κ1) is 17.8. The van der Waals surface area contributed by atoms with Crippen molar-refractivity contribution in [3.8, 4) is 0 Å². The molecule has 1 heterocycles. The van der Waals surface area contributed by atoms with Gasteiger partial charge in [-0.2, -0.15) is 0 Å². The molecule has 1 saturated heterocycles. The topological polar surface area (TPSA) is 66.5 Å². The van der Waals surface area contributed by atoms with Gasteiger partial charge in [-0.25, -0.2) is 17.2 Å². The fourth-order valence-corrected chi connectivity index (χ4v) is 4.82. The van der Waals surface area contributed by atoms with E-state index in [1.807, 2.05) is 0 Å². The van der Waals surface area contributed by atoms with Crippen molar-refractivity contribution < 1.29 is 22.0 Å². The van der Waals surface area contributed by atoms with Crippen LogP contribution in [0.3, 0.4) is 0 Å². The third-order valence-electron chi connectivity index (χ3n) is 3.81. The number of benzene rings is 1. The number of halogens is 2. The minimum absolute atomic E-state index is 0.00749. The smallest absolute Gasteiger partial charge is 0.234 e. The molecule has 0 aromatic heterocycles. The number of nitrogens with zero attached hydrogens (tertiary/aromatic N) is 1. The van der Waals surface area contributed by atoms with Gasteiger partial charge in [0.1, 0.15) is 11.6 Å². The van der Waals surface area contributed by atoms with E-state index in [0.29, 0.717) is 6.42 Å². The zero-order chi connectivity index (χ0) is 17.3. The van der Waals surface area contributed by atoms with Crippen LogP contribution in [-0.4, -0.2) is 49.9 Å². The Hall–Kier alpha value is -1.54.